The predicted molar refractivity (Wildman–Crippen MR) is 61.0 cm³/mol. The Morgan fingerprint density at radius 3 is 2.73 bits per heavy atom. The van der Waals surface area contributed by atoms with Gasteiger partial charge in [0.1, 0.15) is 5.60 Å². The Bertz CT molecular complexity index is 333. The Morgan fingerprint density at radius 1 is 1.47 bits per heavy atom. The van der Waals surface area contributed by atoms with Gasteiger partial charge in [0.2, 0.25) is 0 Å². The molecule has 0 heterocycles. The number of ether oxygens (including phenoxy) is 1. The van der Waals surface area contributed by atoms with E-state index >= 15 is 0 Å². The molecule has 0 aliphatic carbocycles. The summed E-state index contributed by atoms with van der Waals surface area (Å²) in [6.07, 6.45) is 2.46. The van der Waals surface area contributed by atoms with Gasteiger partial charge in [-0.25, -0.2) is 0 Å². The molecular formula is C13H18O2. The second-order valence-electron chi connectivity index (χ2n) is 4.12. The zero-order valence-corrected chi connectivity index (χ0v) is 9.62. The van der Waals surface area contributed by atoms with E-state index in [0.717, 1.165) is 19.1 Å². The van der Waals surface area contributed by atoms with Crippen LogP contribution in [0.3, 0.4) is 0 Å². The number of aryl methyl sites for hydroxylation is 2. The molecule has 0 aliphatic rings. The summed E-state index contributed by atoms with van der Waals surface area (Å²) in [6, 6.07) is 8.32. The third-order valence-corrected chi connectivity index (χ3v) is 2.71. The van der Waals surface area contributed by atoms with Gasteiger partial charge in [0.15, 0.2) is 6.29 Å². The fourth-order valence-corrected chi connectivity index (χ4v) is 1.47. The second kappa shape index (κ2) is 5.08. The van der Waals surface area contributed by atoms with E-state index in [2.05, 4.69) is 25.1 Å². The van der Waals surface area contributed by atoms with Crippen molar-refractivity contribution in [3.63, 3.8) is 0 Å². The summed E-state index contributed by atoms with van der Waals surface area (Å²) in [5.41, 5.74) is 1.85. The first kappa shape index (κ1) is 11.9. The van der Waals surface area contributed by atoms with Crippen molar-refractivity contribution in [3.8, 4) is 0 Å². The van der Waals surface area contributed by atoms with Crippen molar-refractivity contribution in [2.45, 2.75) is 32.3 Å². The van der Waals surface area contributed by atoms with Gasteiger partial charge in [0.25, 0.3) is 0 Å². The van der Waals surface area contributed by atoms with E-state index in [1.54, 1.807) is 7.11 Å². The standard InChI is InChI=1S/C13H18O2/c1-11-5-4-6-12(9-11)7-8-13(2,10-14)15-3/h4-6,9-10H,7-8H2,1-3H3. The molecule has 0 saturated carbocycles. The normalized spacial score (nSPS) is 14.6. The van der Waals surface area contributed by atoms with Crippen molar-refractivity contribution in [2.75, 3.05) is 7.11 Å². The average molecular weight is 206 g/mol. The van der Waals surface area contributed by atoms with Crippen molar-refractivity contribution < 1.29 is 9.53 Å². The molecule has 0 bridgehead atoms. The minimum atomic E-state index is -0.649. The number of aldehydes is 1. The second-order valence-corrected chi connectivity index (χ2v) is 4.12. The third kappa shape index (κ3) is 3.48. The van der Waals surface area contributed by atoms with Crippen molar-refractivity contribution >= 4 is 6.29 Å². The van der Waals surface area contributed by atoms with E-state index in [1.807, 2.05) is 13.0 Å². The zero-order valence-electron chi connectivity index (χ0n) is 9.62. The monoisotopic (exact) mass is 206 g/mol. The maximum atomic E-state index is 10.8. The fourth-order valence-electron chi connectivity index (χ4n) is 1.47. The molecule has 1 unspecified atom stereocenters. The van der Waals surface area contributed by atoms with E-state index in [4.69, 9.17) is 4.74 Å². The Kier molecular flexibility index (Phi) is 4.04. The molecule has 1 rings (SSSR count). The molecule has 0 radical (unpaired) electrons. The van der Waals surface area contributed by atoms with Crippen LogP contribution in [-0.2, 0) is 16.0 Å². The predicted octanol–water partition coefficient (Wildman–Crippen LogP) is 2.53. The first-order valence-electron chi connectivity index (χ1n) is 5.17. The van der Waals surface area contributed by atoms with E-state index in [-0.39, 0.29) is 0 Å². The van der Waals surface area contributed by atoms with E-state index in [1.165, 1.54) is 11.1 Å². The molecule has 0 aromatic heterocycles. The van der Waals surface area contributed by atoms with Crippen molar-refractivity contribution in [2.24, 2.45) is 0 Å². The highest BCUT2D eigenvalue weighted by Crippen LogP contribution is 2.16. The topological polar surface area (TPSA) is 26.3 Å². The molecule has 1 atom stereocenters. The minimum Gasteiger partial charge on any atom is -0.371 e. The van der Waals surface area contributed by atoms with Gasteiger partial charge in [-0.3, -0.25) is 0 Å². The first-order chi connectivity index (χ1) is 7.09. The summed E-state index contributed by atoms with van der Waals surface area (Å²) in [6.45, 7) is 3.88. The van der Waals surface area contributed by atoms with Crippen LogP contribution in [0.4, 0.5) is 0 Å². The fraction of sp³-hybridized carbons (Fsp3) is 0.462. The Morgan fingerprint density at radius 2 is 2.20 bits per heavy atom. The lowest BCUT2D eigenvalue weighted by atomic mass is 9.97. The highest BCUT2D eigenvalue weighted by molar-refractivity contribution is 5.61. The van der Waals surface area contributed by atoms with Crippen molar-refractivity contribution in [3.05, 3.63) is 35.4 Å². The van der Waals surface area contributed by atoms with Gasteiger partial charge in [-0.15, -0.1) is 0 Å². The van der Waals surface area contributed by atoms with E-state index < -0.39 is 5.60 Å². The SMILES string of the molecule is COC(C)(C=O)CCc1cccc(C)c1. The number of hydrogen-bond donors (Lipinski definition) is 0. The van der Waals surface area contributed by atoms with Crippen LogP contribution >= 0.6 is 0 Å². The van der Waals surface area contributed by atoms with Gasteiger partial charge in [-0.2, -0.15) is 0 Å². The Balaban J connectivity index is 2.60. The van der Waals surface area contributed by atoms with Crippen LogP contribution in [0.5, 0.6) is 0 Å². The van der Waals surface area contributed by atoms with Gasteiger partial charge in [0, 0.05) is 7.11 Å². The van der Waals surface area contributed by atoms with Crippen LogP contribution in [0.2, 0.25) is 0 Å². The molecule has 82 valence electrons. The van der Waals surface area contributed by atoms with Crippen LogP contribution in [0.1, 0.15) is 24.5 Å². The Hall–Kier alpha value is -1.15. The van der Waals surface area contributed by atoms with Gasteiger partial charge in [-0.05, 0) is 32.3 Å². The maximum Gasteiger partial charge on any atom is 0.151 e. The molecule has 0 saturated heterocycles. The lowest BCUT2D eigenvalue weighted by molar-refractivity contribution is -0.126. The highest BCUT2D eigenvalue weighted by Gasteiger charge is 2.21. The van der Waals surface area contributed by atoms with Gasteiger partial charge < -0.3 is 9.53 Å². The summed E-state index contributed by atoms with van der Waals surface area (Å²) < 4.78 is 5.17. The van der Waals surface area contributed by atoms with Crippen molar-refractivity contribution in [1.82, 2.24) is 0 Å². The van der Waals surface area contributed by atoms with Gasteiger partial charge in [-0.1, -0.05) is 29.8 Å². The molecule has 0 aliphatic heterocycles. The summed E-state index contributed by atoms with van der Waals surface area (Å²) in [5.74, 6) is 0. The quantitative estimate of drug-likeness (QED) is 0.692. The molecule has 2 heteroatoms. The molecule has 0 amide bonds. The smallest absolute Gasteiger partial charge is 0.151 e. The lowest BCUT2D eigenvalue weighted by Gasteiger charge is -2.20. The maximum absolute atomic E-state index is 10.8. The average Bonchev–Trinajstić information content (AvgIpc) is 2.26. The molecule has 0 N–H and O–H groups in total. The number of methoxy groups -OCH3 is 1. The third-order valence-electron chi connectivity index (χ3n) is 2.71. The number of hydrogen-bond acceptors (Lipinski definition) is 2. The lowest BCUT2D eigenvalue weighted by Crippen LogP contribution is -2.29. The molecule has 0 fully saturated rings. The number of benzene rings is 1. The molecule has 15 heavy (non-hydrogen) atoms. The zero-order chi connectivity index (χ0) is 11.3. The van der Waals surface area contributed by atoms with E-state index in [0.29, 0.717) is 0 Å². The van der Waals surface area contributed by atoms with Crippen molar-refractivity contribution in [1.29, 1.82) is 0 Å². The summed E-state index contributed by atoms with van der Waals surface area (Å²) in [4.78, 5) is 10.8. The van der Waals surface area contributed by atoms with Crippen LogP contribution in [0.25, 0.3) is 0 Å². The molecule has 1 aromatic carbocycles. The van der Waals surface area contributed by atoms with Gasteiger partial charge in [0.05, 0.1) is 0 Å². The first-order valence-corrected chi connectivity index (χ1v) is 5.17. The highest BCUT2D eigenvalue weighted by atomic mass is 16.5. The molecular weight excluding hydrogens is 188 g/mol. The van der Waals surface area contributed by atoms with Crippen LogP contribution in [-0.4, -0.2) is 19.0 Å². The number of carbonyl (C=O) groups is 1. The van der Waals surface area contributed by atoms with Crippen LogP contribution < -0.4 is 0 Å². The summed E-state index contributed by atoms with van der Waals surface area (Å²) in [5, 5.41) is 0. The number of carbonyl (C=O) groups excluding carboxylic acids is 1. The molecule has 1 aromatic rings. The Labute approximate surface area is 91.3 Å². The summed E-state index contributed by atoms with van der Waals surface area (Å²) in [7, 11) is 1.57. The molecule has 2 nitrogen and oxygen atoms in total. The minimum absolute atomic E-state index is 0.649. The van der Waals surface area contributed by atoms with Crippen LogP contribution in [0, 0.1) is 6.92 Å². The summed E-state index contributed by atoms with van der Waals surface area (Å²) >= 11 is 0. The van der Waals surface area contributed by atoms with Gasteiger partial charge >= 0.3 is 0 Å². The largest absolute Gasteiger partial charge is 0.371 e. The number of rotatable bonds is 5. The van der Waals surface area contributed by atoms with Crippen LogP contribution in [0.15, 0.2) is 24.3 Å². The van der Waals surface area contributed by atoms with E-state index in [9.17, 15) is 4.79 Å². The molecule has 0 spiro atoms.